The number of likely N-dealkylation sites (tertiary alicyclic amines) is 1. The summed E-state index contributed by atoms with van der Waals surface area (Å²) < 4.78 is 0. The van der Waals surface area contributed by atoms with Gasteiger partial charge in [0.1, 0.15) is 0 Å². The summed E-state index contributed by atoms with van der Waals surface area (Å²) in [6.45, 7) is 7.74. The Morgan fingerprint density at radius 2 is 1.93 bits per heavy atom. The molecule has 15 heavy (non-hydrogen) atoms. The molecular formula is C11H21N3O. The van der Waals surface area contributed by atoms with Gasteiger partial charge in [-0.05, 0) is 18.8 Å². The van der Waals surface area contributed by atoms with E-state index in [-0.39, 0.29) is 6.03 Å². The van der Waals surface area contributed by atoms with Crippen LogP contribution in [-0.2, 0) is 0 Å². The van der Waals surface area contributed by atoms with Gasteiger partial charge in [0, 0.05) is 39.3 Å². The molecule has 2 fully saturated rings. The van der Waals surface area contributed by atoms with Gasteiger partial charge in [0.2, 0.25) is 0 Å². The normalized spacial score (nSPS) is 27.9. The van der Waals surface area contributed by atoms with E-state index in [0.717, 1.165) is 39.3 Å². The Morgan fingerprint density at radius 1 is 1.20 bits per heavy atom. The first-order valence-electron chi connectivity index (χ1n) is 6.02. The van der Waals surface area contributed by atoms with Crippen LogP contribution in [0, 0.1) is 5.92 Å². The minimum absolute atomic E-state index is 0.253. The molecule has 2 saturated heterocycles. The second kappa shape index (κ2) is 4.84. The standard InChI is InChI=1S/C11H21N3O/c1-10-3-2-6-14(9-10)11(15)13-7-4-12-5-8-13/h10,12H,2-9H2,1H3. The van der Waals surface area contributed by atoms with E-state index in [9.17, 15) is 4.79 Å². The zero-order valence-electron chi connectivity index (χ0n) is 9.54. The molecule has 0 spiro atoms. The Bertz CT molecular complexity index is 226. The summed E-state index contributed by atoms with van der Waals surface area (Å²) in [4.78, 5) is 16.1. The molecule has 4 nitrogen and oxygen atoms in total. The zero-order chi connectivity index (χ0) is 10.7. The number of urea groups is 1. The summed E-state index contributed by atoms with van der Waals surface area (Å²) in [5.41, 5.74) is 0. The number of nitrogens with zero attached hydrogens (tertiary/aromatic N) is 2. The van der Waals surface area contributed by atoms with Crippen LogP contribution in [0.4, 0.5) is 4.79 Å². The molecule has 0 radical (unpaired) electrons. The quantitative estimate of drug-likeness (QED) is 0.641. The van der Waals surface area contributed by atoms with Gasteiger partial charge in [-0.15, -0.1) is 0 Å². The van der Waals surface area contributed by atoms with Crippen molar-refractivity contribution in [1.82, 2.24) is 15.1 Å². The first kappa shape index (κ1) is 10.7. The molecule has 0 bridgehead atoms. The fourth-order valence-corrected chi connectivity index (χ4v) is 2.42. The summed E-state index contributed by atoms with van der Waals surface area (Å²) >= 11 is 0. The fourth-order valence-electron chi connectivity index (χ4n) is 2.42. The van der Waals surface area contributed by atoms with Crippen molar-refractivity contribution in [2.45, 2.75) is 19.8 Å². The van der Waals surface area contributed by atoms with E-state index in [2.05, 4.69) is 12.2 Å². The monoisotopic (exact) mass is 211 g/mol. The molecule has 0 aromatic rings. The van der Waals surface area contributed by atoms with Gasteiger partial charge >= 0.3 is 6.03 Å². The molecule has 2 amide bonds. The topological polar surface area (TPSA) is 35.6 Å². The maximum Gasteiger partial charge on any atom is 0.320 e. The van der Waals surface area contributed by atoms with E-state index in [0.29, 0.717) is 5.92 Å². The molecular weight excluding hydrogens is 190 g/mol. The molecule has 0 aliphatic carbocycles. The van der Waals surface area contributed by atoms with E-state index in [4.69, 9.17) is 0 Å². The van der Waals surface area contributed by atoms with Crippen LogP contribution in [0.3, 0.4) is 0 Å². The average molecular weight is 211 g/mol. The Morgan fingerprint density at radius 3 is 2.60 bits per heavy atom. The molecule has 1 unspecified atom stereocenters. The molecule has 2 aliphatic heterocycles. The summed E-state index contributed by atoms with van der Waals surface area (Å²) in [5, 5.41) is 3.27. The molecule has 1 N–H and O–H groups in total. The Kier molecular flexibility index (Phi) is 3.46. The lowest BCUT2D eigenvalue weighted by Gasteiger charge is -2.37. The highest BCUT2D eigenvalue weighted by Gasteiger charge is 2.25. The fraction of sp³-hybridized carbons (Fsp3) is 0.909. The smallest absolute Gasteiger partial charge is 0.320 e. The first-order chi connectivity index (χ1) is 7.27. The maximum atomic E-state index is 12.1. The number of rotatable bonds is 0. The van der Waals surface area contributed by atoms with Crippen molar-refractivity contribution in [2.24, 2.45) is 5.92 Å². The van der Waals surface area contributed by atoms with E-state index in [1.807, 2.05) is 9.80 Å². The third kappa shape index (κ3) is 2.62. The lowest BCUT2D eigenvalue weighted by Crippen LogP contribution is -2.53. The summed E-state index contributed by atoms with van der Waals surface area (Å²) in [6.07, 6.45) is 2.43. The second-order valence-electron chi connectivity index (χ2n) is 4.71. The highest BCUT2D eigenvalue weighted by atomic mass is 16.2. The van der Waals surface area contributed by atoms with Crippen molar-refractivity contribution in [3.63, 3.8) is 0 Å². The van der Waals surface area contributed by atoms with Crippen molar-refractivity contribution in [3.05, 3.63) is 0 Å². The van der Waals surface area contributed by atoms with Crippen LogP contribution in [0.2, 0.25) is 0 Å². The van der Waals surface area contributed by atoms with Gasteiger partial charge in [-0.25, -0.2) is 4.79 Å². The number of carbonyl (C=O) groups is 1. The van der Waals surface area contributed by atoms with E-state index >= 15 is 0 Å². The number of nitrogens with one attached hydrogen (secondary N) is 1. The van der Waals surface area contributed by atoms with Gasteiger partial charge in [0.25, 0.3) is 0 Å². The number of carbonyl (C=O) groups excluding carboxylic acids is 1. The SMILES string of the molecule is CC1CCCN(C(=O)N2CCNCC2)C1. The van der Waals surface area contributed by atoms with E-state index in [1.54, 1.807) is 0 Å². The van der Waals surface area contributed by atoms with Crippen LogP contribution < -0.4 is 5.32 Å². The van der Waals surface area contributed by atoms with Crippen LogP contribution in [0.5, 0.6) is 0 Å². The van der Waals surface area contributed by atoms with Crippen LogP contribution in [-0.4, -0.2) is 55.1 Å². The van der Waals surface area contributed by atoms with Gasteiger partial charge < -0.3 is 15.1 Å². The molecule has 2 rings (SSSR count). The Hall–Kier alpha value is -0.770. The van der Waals surface area contributed by atoms with Gasteiger partial charge in [-0.2, -0.15) is 0 Å². The predicted octanol–water partition coefficient (Wildman–Crippen LogP) is 0.744. The summed E-state index contributed by atoms with van der Waals surface area (Å²) in [6, 6.07) is 0.253. The van der Waals surface area contributed by atoms with Crippen molar-refractivity contribution in [2.75, 3.05) is 39.3 Å². The third-order valence-electron chi connectivity index (χ3n) is 3.32. The Balaban J connectivity index is 1.88. The summed E-state index contributed by atoms with van der Waals surface area (Å²) in [7, 11) is 0. The van der Waals surface area contributed by atoms with E-state index < -0.39 is 0 Å². The number of hydrogen-bond donors (Lipinski definition) is 1. The maximum absolute atomic E-state index is 12.1. The molecule has 0 saturated carbocycles. The minimum Gasteiger partial charge on any atom is -0.324 e. The number of hydrogen-bond acceptors (Lipinski definition) is 2. The minimum atomic E-state index is 0.253. The lowest BCUT2D eigenvalue weighted by molar-refractivity contribution is 0.126. The van der Waals surface area contributed by atoms with Crippen molar-refractivity contribution in [3.8, 4) is 0 Å². The predicted molar refractivity (Wildman–Crippen MR) is 59.8 cm³/mol. The van der Waals surface area contributed by atoms with Gasteiger partial charge in [-0.3, -0.25) is 0 Å². The molecule has 0 aromatic heterocycles. The average Bonchev–Trinajstić information content (AvgIpc) is 2.29. The highest BCUT2D eigenvalue weighted by molar-refractivity contribution is 5.74. The first-order valence-corrected chi connectivity index (χ1v) is 6.02. The van der Waals surface area contributed by atoms with E-state index in [1.165, 1.54) is 12.8 Å². The molecule has 2 aliphatic rings. The highest BCUT2D eigenvalue weighted by Crippen LogP contribution is 2.16. The van der Waals surface area contributed by atoms with Crippen LogP contribution in [0.25, 0.3) is 0 Å². The Labute approximate surface area is 91.6 Å². The number of piperidine rings is 1. The molecule has 4 heteroatoms. The van der Waals surface area contributed by atoms with Crippen LogP contribution >= 0.6 is 0 Å². The van der Waals surface area contributed by atoms with Gasteiger partial charge in [-0.1, -0.05) is 6.92 Å². The van der Waals surface area contributed by atoms with Gasteiger partial charge in [0.05, 0.1) is 0 Å². The third-order valence-corrected chi connectivity index (χ3v) is 3.32. The summed E-state index contributed by atoms with van der Waals surface area (Å²) in [5.74, 6) is 0.672. The molecule has 0 aromatic carbocycles. The largest absolute Gasteiger partial charge is 0.324 e. The van der Waals surface area contributed by atoms with Gasteiger partial charge in [0.15, 0.2) is 0 Å². The van der Waals surface area contributed by atoms with Crippen LogP contribution in [0.15, 0.2) is 0 Å². The second-order valence-corrected chi connectivity index (χ2v) is 4.71. The molecule has 86 valence electrons. The lowest BCUT2D eigenvalue weighted by atomic mass is 10.0. The molecule has 1 atom stereocenters. The number of piperazine rings is 1. The molecule has 2 heterocycles. The van der Waals surface area contributed by atoms with Crippen molar-refractivity contribution >= 4 is 6.03 Å². The van der Waals surface area contributed by atoms with Crippen molar-refractivity contribution in [1.29, 1.82) is 0 Å². The zero-order valence-corrected chi connectivity index (χ0v) is 9.54. The van der Waals surface area contributed by atoms with Crippen molar-refractivity contribution < 1.29 is 4.79 Å². The number of amides is 2. The van der Waals surface area contributed by atoms with Crippen LogP contribution in [0.1, 0.15) is 19.8 Å².